The molecule has 1 heterocycles. The zero-order valence-electron chi connectivity index (χ0n) is 21.8. The molecule has 10 nitrogen and oxygen atoms in total. The van der Waals surface area contributed by atoms with Gasteiger partial charge in [-0.15, -0.1) is 0 Å². The van der Waals surface area contributed by atoms with E-state index in [1.54, 1.807) is 12.2 Å². The van der Waals surface area contributed by atoms with Crippen LogP contribution in [0, 0.1) is 5.92 Å². The van der Waals surface area contributed by atoms with Crippen LogP contribution in [0.1, 0.15) is 30.4 Å². The van der Waals surface area contributed by atoms with E-state index in [0.717, 1.165) is 11.1 Å². The Morgan fingerprint density at radius 3 is 2.36 bits per heavy atom. The number of nitrogens with one attached hydrogen (secondary N) is 2. The number of cyclic esters (lactones) is 1. The Bertz CT molecular complexity index is 1110. The number of nitrogens with zero attached hydrogens (tertiary/aromatic N) is 1. The first-order valence-corrected chi connectivity index (χ1v) is 13.0. The summed E-state index contributed by atoms with van der Waals surface area (Å²) in [6, 6.07) is 17.6. The molecule has 0 fully saturated rings. The quantitative estimate of drug-likeness (QED) is 0.330. The maximum Gasteiger partial charge on any atom is 0.408 e. The third-order valence-electron chi connectivity index (χ3n) is 6.12. The first-order chi connectivity index (χ1) is 19.0. The topological polar surface area (TPSA) is 134 Å². The van der Waals surface area contributed by atoms with E-state index < -0.39 is 24.0 Å². The first kappa shape index (κ1) is 29.4. The van der Waals surface area contributed by atoms with E-state index in [1.165, 1.54) is 4.90 Å². The Morgan fingerprint density at radius 2 is 1.67 bits per heavy atom. The predicted molar refractivity (Wildman–Crippen MR) is 143 cm³/mol. The number of hydrogen-bond donors (Lipinski definition) is 3. The van der Waals surface area contributed by atoms with Gasteiger partial charge in [0.15, 0.2) is 0 Å². The second-order valence-corrected chi connectivity index (χ2v) is 9.09. The van der Waals surface area contributed by atoms with Crippen LogP contribution in [0.3, 0.4) is 0 Å². The molecule has 0 bridgehead atoms. The minimum atomic E-state index is -0.967. The summed E-state index contributed by atoms with van der Waals surface area (Å²) >= 11 is 0. The Kier molecular flexibility index (Phi) is 12.0. The number of aliphatic hydroxyl groups is 1. The fourth-order valence-electron chi connectivity index (χ4n) is 4.02. The normalized spacial score (nSPS) is 18.1. The lowest BCUT2D eigenvalue weighted by Gasteiger charge is -2.24. The third kappa shape index (κ3) is 10.2. The molecule has 3 rings (SSSR count). The summed E-state index contributed by atoms with van der Waals surface area (Å²) in [5.41, 5.74) is 1.73. The Labute approximate surface area is 228 Å². The molecule has 2 aromatic carbocycles. The summed E-state index contributed by atoms with van der Waals surface area (Å²) in [7, 11) is 0. The average molecular weight is 538 g/mol. The molecule has 2 atom stereocenters. The number of ether oxygens (including phenoxy) is 2. The smallest absolute Gasteiger partial charge is 0.408 e. The number of alkyl carbamates (subject to hydrolysis) is 1. The molecule has 1 aliphatic heterocycles. The van der Waals surface area contributed by atoms with Gasteiger partial charge in [0.05, 0.1) is 19.1 Å². The lowest BCUT2D eigenvalue weighted by Crippen LogP contribution is -2.43. The molecule has 0 unspecified atom stereocenters. The van der Waals surface area contributed by atoms with Crippen molar-refractivity contribution in [1.82, 2.24) is 15.5 Å². The van der Waals surface area contributed by atoms with Gasteiger partial charge in [0, 0.05) is 19.5 Å². The summed E-state index contributed by atoms with van der Waals surface area (Å²) in [5, 5.41) is 14.7. The average Bonchev–Trinajstić information content (AvgIpc) is 2.95. The molecule has 3 N–H and O–H groups in total. The summed E-state index contributed by atoms with van der Waals surface area (Å²) in [6.45, 7) is 0.327. The number of benzene rings is 2. The lowest BCUT2D eigenvalue weighted by atomic mass is 9.98. The van der Waals surface area contributed by atoms with E-state index in [2.05, 4.69) is 10.6 Å². The number of hydrogen-bond acceptors (Lipinski definition) is 7. The van der Waals surface area contributed by atoms with E-state index in [1.807, 2.05) is 60.7 Å². The molecule has 1 aliphatic rings. The predicted octanol–water partition coefficient (Wildman–Crippen LogP) is 2.32. The van der Waals surface area contributed by atoms with Crippen molar-refractivity contribution in [2.24, 2.45) is 5.92 Å². The van der Waals surface area contributed by atoms with Crippen molar-refractivity contribution in [2.75, 3.05) is 26.3 Å². The monoisotopic (exact) mass is 537 g/mol. The highest BCUT2D eigenvalue weighted by Gasteiger charge is 2.26. The summed E-state index contributed by atoms with van der Waals surface area (Å²) in [5.74, 6) is -1.87. The zero-order valence-corrected chi connectivity index (χ0v) is 21.8. The maximum atomic E-state index is 13.1. The molecule has 2 aromatic rings. The molecule has 0 saturated heterocycles. The van der Waals surface area contributed by atoms with Gasteiger partial charge in [-0.1, -0.05) is 72.8 Å². The number of esters is 1. The number of carbonyl (C=O) groups is 4. The molecule has 39 heavy (non-hydrogen) atoms. The van der Waals surface area contributed by atoms with Gasteiger partial charge in [0.25, 0.3) is 0 Å². The van der Waals surface area contributed by atoms with Crippen LogP contribution in [0.4, 0.5) is 4.79 Å². The van der Waals surface area contributed by atoms with Crippen LogP contribution in [0.15, 0.2) is 72.8 Å². The summed E-state index contributed by atoms with van der Waals surface area (Å²) < 4.78 is 10.4. The number of allylic oxidation sites excluding steroid dienone is 1. The van der Waals surface area contributed by atoms with Crippen LogP contribution in [0.25, 0.3) is 0 Å². The van der Waals surface area contributed by atoms with Gasteiger partial charge in [0.2, 0.25) is 11.8 Å². The van der Waals surface area contributed by atoms with Crippen molar-refractivity contribution in [3.63, 3.8) is 0 Å². The van der Waals surface area contributed by atoms with Gasteiger partial charge in [-0.05, 0) is 24.0 Å². The van der Waals surface area contributed by atoms with Gasteiger partial charge in [-0.2, -0.15) is 0 Å². The molecule has 0 aromatic heterocycles. The largest absolute Gasteiger partial charge is 0.462 e. The molecule has 0 aliphatic carbocycles. The molecule has 208 valence electrons. The summed E-state index contributed by atoms with van der Waals surface area (Å²) in [4.78, 5) is 52.2. The molecule has 0 saturated carbocycles. The number of rotatable bonds is 9. The van der Waals surface area contributed by atoms with Crippen LogP contribution in [0.2, 0.25) is 0 Å². The fraction of sp³-hybridized carbons (Fsp3) is 0.379. The van der Waals surface area contributed by atoms with Crippen molar-refractivity contribution >= 4 is 23.9 Å². The van der Waals surface area contributed by atoms with Crippen molar-refractivity contribution in [3.8, 4) is 0 Å². The minimum Gasteiger partial charge on any atom is -0.462 e. The van der Waals surface area contributed by atoms with Gasteiger partial charge >= 0.3 is 12.1 Å². The van der Waals surface area contributed by atoms with Crippen LogP contribution < -0.4 is 10.6 Å². The van der Waals surface area contributed by atoms with Crippen LogP contribution >= 0.6 is 0 Å². The van der Waals surface area contributed by atoms with E-state index >= 15 is 0 Å². The minimum absolute atomic E-state index is 0.0454. The zero-order chi connectivity index (χ0) is 27.9. The molecule has 0 radical (unpaired) electrons. The molecule has 3 amide bonds. The highest BCUT2D eigenvalue weighted by Crippen LogP contribution is 2.16. The van der Waals surface area contributed by atoms with Crippen LogP contribution in [0.5, 0.6) is 0 Å². The Hall–Kier alpha value is -4.18. The Morgan fingerprint density at radius 1 is 1.00 bits per heavy atom. The van der Waals surface area contributed by atoms with Gasteiger partial charge < -0.3 is 30.1 Å². The molecular weight excluding hydrogens is 502 g/mol. The second kappa shape index (κ2) is 15.9. The van der Waals surface area contributed by atoms with Gasteiger partial charge in [0.1, 0.15) is 19.3 Å². The fourth-order valence-corrected chi connectivity index (χ4v) is 4.02. The van der Waals surface area contributed by atoms with Crippen molar-refractivity contribution < 1.29 is 33.8 Å². The highest BCUT2D eigenvalue weighted by atomic mass is 16.6. The van der Waals surface area contributed by atoms with Crippen LogP contribution in [-0.4, -0.2) is 66.2 Å². The first-order valence-electron chi connectivity index (χ1n) is 13.0. The van der Waals surface area contributed by atoms with Crippen molar-refractivity contribution in [1.29, 1.82) is 0 Å². The van der Waals surface area contributed by atoms with Crippen LogP contribution in [-0.2, 0) is 37.0 Å². The number of aliphatic hydroxyl groups excluding tert-OH is 1. The van der Waals surface area contributed by atoms with E-state index in [0.29, 0.717) is 6.54 Å². The lowest BCUT2D eigenvalue weighted by molar-refractivity contribution is -0.146. The highest BCUT2D eigenvalue weighted by molar-refractivity contribution is 5.86. The maximum absolute atomic E-state index is 13.1. The van der Waals surface area contributed by atoms with Gasteiger partial charge in [-0.25, -0.2) is 9.59 Å². The van der Waals surface area contributed by atoms with E-state index in [9.17, 15) is 24.3 Å². The summed E-state index contributed by atoms with van der Waals surface area (Å²) in [6.07, 6.45) is 2.98. The third-order valence-corrected chi connectivity index (χ3v) is 6.12. The standard InChI is InChI=1S/C29H35N3O7/c33-17-16-32(20-22-9-3-1-4-10-22)26(34)19-24-13-7-8-14-25(28(36)38-18-15-30-27(24)35)31-29(37)39-21-23-11-5-2-6-12-23/h1-12,24-25,33H,13-21H2,(H,30,35)(H,31,37)/t24-,25-/m1/s1. The van der Waals surface area contributed by atoms with E-state index in [-0.39, 0.29) is 64.0 Å². The van der Waals surface area contributed by atoms with Crippen molar-refractivity contribution in [3.05, 3.63) is 83.9 Å². The van der Waals surface area contributed by atoms with Gasteiger partial charge in [-0.3, -0.25) is 9.59 Å². The Balaban J connectivity index is 1.59. The second-order valence-electron chi connectivity index (χ2n) is 9.09. The SMILES string of the molecule is O=C(N[C@@H]1CC=CC[C@H](CC(=O)N(CCO)Cc2ccccc2)C(=O)NCCOC1=O)OCc1ccccc1. The number of amides is 3. The molecule has 10 heteroatoms. The number of carbonyl (C=O) groups excluding carboxylic acids is 4. The molecular formula is C29H35N3O7. The van der Waals surface area contributed by atoms with Crippen molar-refractivity contribution in [2.45, 2.75) is 38.5 Å². The van der Waals surface area contributed by atoms with E-state index in [4.69, 9.17) is 9.47 Å². The molecule has 0 spiro atoms.